The SMILES string of the molecule is CN=C/C=C\CCCCCNc1ncc(I)c2nncn12. The monoisotopic (exact) mass is 398 g/mol. The normalized spacial score (nSPS) is 11.9. The molecular formula is C14H19IN6. The molecule has 0 aliphatic heterocycles. The summed E-state index contributed by atoms with van der Waals surface area (Å²) >= 11 is 2.21. The van der Waals surface area contributed by atoms with Gasteiger partial charge in [0.2, 0.25) is 5.95 Å². The van der Waals surface area contributed by atoms with Crippen molar-refractivity contribution < 1.29 is 0 Å². The maximum atomic E-state index is 4.38. The van der Waals surface area contributed by atoms with Crippen LogP contribution in [-0.4, -0.2) is 39.4 Å². The Balaban J connectivity index is 1.71. The zero-order valence-electron chi connectivity index (χ0n) is 12.0. The van der Waals surface area contributed by atoms with Crippen molar-refractivity contribution in [1.82, 2.24) is 19.6 Å². The van der Waals surface area contributed by atoms with Gasteiger partial charge in [0, 0.05) is 26.0 Å². The smallest absolute Gasteiger partial charge is 0.210 e. The molecule has 0 radical (unpaired) electrons. The van der Waals surface area contributed by atoms with Crippen LogP contribution < -0.4 is 5.32 Å². The first-order valence-corrected chi connectivity index (χ1v) is 8.06. The fraction of sp³-hybridized carbons (Fsp3) is 0.429. The lowest BCUT2D eigenvalue weighted by molar-refractivity contribution is 0.705. The Morgan fingerprint density at radius 3 is 3.14 bits per heavy atom. The Kier molecular flexibility index (Phi) is 6.58. The number of aliphatic imine (C=N–C) groups is 1. The van der Waals surface area contributed by atoms with Crippen LogP contribution in [0.4, 0.5) is 5.95 Å². The summed E-state index contributed by atoms with van der Waals surface area (Å²) in [7, 11) is 1.78. The van der Waals surface area contributed by atoms with E-state index < -0.39 is 0 Å². The van der Waals surface area contributed by atoms with Crippen molar-refractivity contribution in [1.29, 1.82) is 0 Å². The van der Waals surface area contributed by atoms with E-state index in [-0.39, 0.29) is 0 Å². The Morgan fingerprint density at radius 1 is 1.38 bits per heavy atom. The van der Waals surface area contributed by atoms with Crippen LogP contribution in [0.25, 0.3) is 5.65 Å². The van der Waals surface area contributed by atoms with E-state index in [2.05, 4.69) is 54.2 Å². The van der Waals surface area contributed by atoms with Crippen molar-refractivity contribution in [2.24, 2.45) is 4.99 Å². The molecule has 0 aliphatic carbocycles. The lowest BCUT2D eigenvalue weighted by Gasteiger charge is -2.07. The van der Waals surface area contributed by atoms with Crippen molar-refractivity contribution in [2.45, 2.75) is 25.7 Å². The molecule has 7 heteroatoms. The van der Waals surface area contributed by atoms with Gasteiger partial charge in [-0.1, -0.05) is 12.5 Å². The standard InChI is InChI=1S/C14H19IN6/c1-16-8-6-4-2-3-5-7-9-17-14-18-10-12(15)13-20-19-11-21(13)14/h4,6,8,10-11H,2-3,5,7,9H2,1H3,(H,17,18)/b6-4-,16-8?. The van der Waals surface area contributed by atoms with Crippen molar-refractivity contribution >= 4 is 40.4 Å². The first kappa shape index (κ1) is 15.9. The molecule has 0 bridgehead atoms. The minimum Gasteiger partial charge on any atom is -0.355 e. The third kappa shape index (κ3) is 4.76. The van der Waals surface area contributed by atoms with E-state index in [1.165, 1.54) is 12.8 Å². The summed E-state index contributed by atoms with van der Waals surface area (Å²) in [5.41, 5.74) is 0.843. The van der Waals surface area contributed by atoms with E-state index in [9.17, 15) is 0 Å². The highest BCUT2D eigenvalue weighted by Gasteiger charge is 2.06. The first-order valence-electron chi connectivity index (χ1n) is 6.98. The number of hydrogen-bond acceptors (Lipinski definition) is 5. The number of halogens is 1. The molecule has 6 nitrogen and oxygen atoms in total. The van der Waals surface area contributed by atoms with Gasteiger partial charge in [-0.25, -0.2) is 4.98 Å². The Hall–Kier alpha value is -1.51. The maximum absolute atomic E-state index is 4.38. The molecular weight excluding hydrogens is 379 g/mol. The summed E-state index contributed by atoms with van der Waals surface area (Å²) in [6.07, 6.45) is 14.1. The summed E-state index contributed by atoms with van der Waals surface area (Å²) in [5.74, 6) is 0.800. The van der Waals surface area contributed by atoms with Crippen LogP contribution in [0, 0.1) is 3.57 Å². The predicted molar refractivity (Wildman–Crippen MR) is 94.0 cm³/mol. The number of rotatable bonds is 8. The molecule has 0 unspecified atom stereocenters. The second kappa shape index (κ2) is 8.71. The van der Waals surface area contributed by atoms with Gasteiger partial charge >= 0.3 is 0 Å². The van der Waals surface area contributed by atoms with Crippen LogP contribution in [0.5, 0.6) is 0 Å². The third-order valence-corrected chi connectivity index (χ3v) is 3.75. The molecule has 0 saturated carbocycles. The van der Waals surface area contributed by atoms with Gasteiger partial charge < -0.3 is 5.32 Å². The van der Waals surface area contributed by atoms with Gasteiger partial charge in [-0.05, 0) is 47.9 Å². The minimum absolute atomic E-state index is 0.800. The number of allylic oxidation sites excluding steroid dienone is 2. The van der Waals surface area contributed by atoms with Crippen LogP contribution in [0.2, 0.25) is 0 Å². The van der Waals surface area contributed by atoms with Gasteiger partial charge in [0.25, 0.3) is 0 Å². The van der Waals surface area contributed by atoms with Gasteiger partial charge in [0.15, 0.2) is 5.65 Å². The molecule has 0 aromatic carbocycles. The van der Waals surface area contributed by atoms with Gasteiger partial charge in [-0.15, -0.1) is 10.2 Å². The van der Waals surface area contributed by atoms with Crippen LogP contribution in [0.1, 0.15) is 25.7 Å². The number of unbranched alkanes of at least 4 members (excludes halogenated alkanes) is 3. The number of anilines is 1. The Labute approximate surface area is 137 Å². The van der Waals surface area contributed by atoms with Gasteiger partial charge in [0.1, 0.15) is 6.33 Å². The fourth-order valence-corrected chi connectivity index (χ4v) is 2.44. The molecule has 0 fully saturated rings. The number of nitrogens with one attached hydrogen (secondary N) is 1. The summed E-state index contributed by atoms with van der Waals surface area (Å²) in [6.45, 7) is 0.904. The maximum Gasteiger partial charge on any atom is 0.210 e. The molecule has 0 saturated heterocycles. The number of fused-ring (bicyclic) bond motifs is 1. The molecule has 0 aliphatic rings. The van der Waals surface area contributed by atoms with Gasteiger partial charge in [-0.3, -0.25) is 9.39 Å². The molecule has 2 heterocycles. The number of hydrogen-bond donors (Lipinski definition) is 1. The van der Waals surface area contributed by atoms with E-state index in [0.29, 0.717) is 0 Å². The van der Waals surface area contributed by atoms with Gasteiger partial charge in [-0.2, -0.15) is 0 Å². The molecule has 112 valence electrons. The van der Waals surface area contributed by atoms with Crippen LogP contribution in [-0.2, 0) is 0 Å². The topological polar surface area (TPSA) is 67.5 Å². The van der Waals surface area contributed by atoms with Crippen molar-refractivity contribution in [3.05, 3.63) is 28.2 Å². The van der Waals surface area contributed by atoms with Gasteiger partial charge in [0.05, 0.1) is 3.57 Å². The molecule has 1 N–H and O–H groups in total. The Bertz CT molecular complexity index is 619. The quantitative estimate of drug-likeness (QED) is 0.422. The zero-order valence-corrected chi connectivity index (χ0v) is 14.2. The predicted octanol–water partition coefficient (Wildman–Crippen LogP) is 2.96. The molecule has 2 aromatic heterocycles. The van der Waals surface area contributed by atoms with Crippen molar-refractivity contribution in [3.63, 3.8) is 0 Å². The van der Waals surface area contributed by atoms with E-state index in [1.54, 1.807) is 13.4 Å². The van der Waals surface area contributed by atoms with Crippen LogP contribution >= 0.6 is 22.6 Å². The van der Waals surface area contributed by atoms with Crippen LogP contribution in [0.3, 0.4) is 0 Å². The van der Waals surface area contributed by atoms with E-state index in [4.69, 9.17) is 0 Å². The average Bonchev–Trinajstić information content (AvgIpc) is 2.98. The highest BCUT2D eigenvalue weighted by atomic mass is 127. The van der Waals surface area contributed by atoms with Crippen LogP contribution in [0.15, 0.2) is 29.7 Å². The highest BCUT2D eigenvalue weighted by molar-refractivity contribution is 14.1. The summed E-state index contributed by atoms with van der Waals surface area (Å²) in [6, 6.07) is 0. The molecule has 0 amide bonds. The number of nitrogens with zero attached hydrogens (tertiary/aromatic N) is 5. The molecule has 0 spiro atoms. The Morgan fingerprint density at radius 2 is 2.29 bits per heavy atom. The molecule has 2 rings (SSSR count). The summed E-state index contributed by atoms with van der Waals surface area (Å²) in [5, 5.41) is 11.3. The molecule has 21 heavy (non-hydrogen) atoms. The largest absolute Gasteiger partial charge is 0.355 e. The fourth-order valence-electron chi connectivity index (χ4n) is 1.93. The van der Waals surface area contributed by atoms with E-state index in [0.717, 1.165) is 34.6 Å². The number of aromatic nitrogens is 4. The van der Waals surface area contributed by atoms with Crippen molar-refractivity contribution in [3.8, 4) is 0 Å². The third-order valence-electron chi connectivity index (χ3n) is 2.99. The molecule has 0 atom stereocenters. The average molecular weight is 398 g/mol. The van der Waals surface area contributed by atoms with E-state index in [1.807, 2.05) is 22.9 Å². The van der Waals surface area contributed by atoms with Crippen molar-refractivity contribution in [2.75, 3.05) is 18.9 Å². The van der Waals surface area contributed by atoms with E-state index >= 15 is 0 Å². The lowest BCUT2D eigenvalue weighted by Crippen LogP contribution is -2.08. The lowest BCUT2D eigenvalue weighted by atomic mass is 10.2. The highest BCUT2D eigenvalue weighted by Crippen LogP contribution is 2.14. The second-order valence-electron chi connectivity index (χ2n) is 4.57. The molecule has 2 aromatic rings. The first-order chi connectivity index (χ1) is 10.3. The summed E-state index contributed by atoms with van der Waals surface area (Å²) in [4.78, 5) is 8.29. The zero-order chi connectivity index (χ0) is 14.9. The summed E-state index contributed by atoms with van der Waals surface area (Å²) < 4.78 is 2.88. The minimum atomic E-state index is 0.800. The second-order valence-corrected chi connectivity index (χ2v) is 5.73.